The van der Waals surface area contributed by atoms with Gasteiger partial charge in [0, 0.05) is 14.3 Å². The highest BCUT2D eigenvalue weighted by Gasteiger charge is 2.28. The molecule has 0 amide bonds. The average molecular weight is 603 g/mol. The third kappa shape index (κ3) is 6.07. The Kier molecular flexibility index (Phi) is 8.01. The van der Waals surface area contributed by atoms with Crippen molar-refractivity contribution in [2.45, 2.75) is 24.5 Å². The Morgan fingerprint density at radius 2 is 0.872 bits per heavy atom. The van der Waals surface area contributed by atoms with Gasteiger partial charge in [-0.2, -0.15) is 0 Å². The smallest absolute Gasteiger partial charge is 0.0901 e. The molecule has 6 aromatic rings. The summed E-state index contributed by atoms with van der Waals surface area (Å²) in [5.74, 6) is 0. The van der Waals surface area contributed by atoms with E-state index in [0.717, 1.165) is 4.47 Å². The second kappa shape index (κ2) is 12.1. The number of hydrogen-bond acceptors (Lipinski definition) is 1. The summed E-state index contributed by atoms with van der Waals surface area (Å²) < 4.78 is 1.11. The van der Waals surface area contributed by atoms with Crippen LogP contribution >= 0.6 is 27.7 Å². The normalized spacial score (nSPS) is 11.7. The highest BCUT2D eigenvalue weighted by molar-refractivity contribution is 9.10. The molecule has 0 heterocycles. The fraction of sp³-hybridized carbons (Fsp3) is 0. The monoisotopic (exact) mass is 601 g/mol. The molecule has 1 atom stereocenters. The van der Waals surface area contributed by atoms with Crippen molar-refractivity contribution in [3.05, 3.63) is 162 Å². The van der Waals surface area contributed by atoms with Crippen LogP contribution in [0.25, 0.3) is 22.3 Å². The van der Waals surface area contributed by atoms with E-state index in [1.54, 1.807) is 11.8 Å². The molecule has 0 aliphatic heterocycles. The van der Waals surface area contributed by atoms with E-state index in [9.17, 15) is 0 Å². The minimum Gasteiger partial charge on any atom is -0.0901 e. The Morgan fingerprint density at radius 3 is 1.46 bits per heavy atom. The first kappa shape index (κ1) is 25.8. The molecule has 0 aliphatic rings. The number of hydrogen-bond donors (Lipinski definition) is 0. The number of halogens is 1. The van der Waals surface area contributed by atoms with E-state index >= 15 is 0 Å². The summed E-state index contributed by atoms with van der Waals surface area (Å²) in [4.78, 5) is 6.41. The summed E-state index contributed by atoms with van der Waals surface area (Å²) in [5, 5.41) is 0. The molecule has 0 nitrogen and oxygen atoms in total. The van der Waals surface area contributed by atoms with Crippen LogP contribution in [-0.4, -0.2) is 0 Å². The molecule has 0 saturated heterocycles. The Morgan fingerprint density at radius 1 is 0.410 bits per heavy atom. The standard InChI is InChI=1S/C36H26BrS2/c37-36-26-31(20-25-35(36)29-12-6-2-7-13-29)38-30-18-23-34(24-19-30)39(32-14-8-3-9-15-32)33-21-16-28(17-22-33)27-10-4-1-5-11-27/h1-26H/q+1. The summed E-state index contributed by atoms with van der Waals surface area (Å²) >= 11 is 5.58. The van der Waals surface area contributed by atoms with Crippen LogP contribution in [0.4, 0.5) is 0 Å². The van der Waals surface area contributed by atoms with E-state index < -0.39 is 0 Å². The van der Waals surface area contributed by atoms with Gasteiger partial charge in [-0.25, -0.2) is 0 Å². The maximum Gasteiger partial charge on any atom is 0.166 e. The minimum atomic E-state index is -0.179. The zero-order chi connectivity index (χ0) is 26.4. The topological polar surface area (TPSA) is 0 Å². The van der Waals surface area contributed by atoms with Gasteiger partial charge in [0.2, 0.25) is 0 Å². The van der Waals surface area contributed by atoms with Gasteiger partial charge in [-0.1, -0.05) is 113 Å². The van der Waals surface area contributed by atoms with Crippen LogP contribution < -0.4 is 0 Å². The van der Waals surface area contributed by atoms with Crippen molar-refractivity contribution in [2.75, 3.05) is 0 Å². The van der Waals surface area contributed by atoms with Crippen LogP contribution in [-0.2, 0) is 10.9 Å². The Bertz CT molecular complexity index is 1650. The first-order valence-corrected chi connectivity index (χ1v) is 15.7. The second-order valence-electron chi connectivity index (χ2n) is 9.09. The minimum absolute atomic E-state index is 0.179. The fourth-order valence-electron chi connectivity index (χ4n) is 4.57. The lowest BCUT2D eigenvalue weighted by atomic mass is 10.1. The molecule has 39 heavy (non-hydrogen) atoms. The Hall–Kier alpha value is -3.50. The van der Waals surface area contributed by atoms with Crippen molar-refractivity contribution >= 4 is 38.6 Å². The van der Waals surface area contributed by atoms with E-state index in [1.165, 1.54) is 46.7 Å². The van der Waals surface area contributed by atoms with Gasteiger partial charge in [-0.3, -0.25) is 0 Å². The molecule has 6 aromatic carbocycles. The van der Waals surface area contributed by atoms with Gasteiger partial charge < -0.3 is 0 Å². The first-order chi connectivity index (χ1) is 19.2. The van der Waals surface area contributed by atoms with Gasteiger partial charge in [0.25, 0.3) is 0 Å². The third-order valence-corrected chi connectivity index (χ3v) is 10.4. The largest absolute Gasteiger partial charge is 0.166 e. The van der Waals surface area contributed by atoms with Crippen LogP contribution in [0.2, 0.25) is 0 Å². The zero-order valence-electron chi connectivity index (χ0n) is 21.2. The molecule has 0 fully saturated rings. The molecule has 0 N–H and O–H groups in total. The van der Waals surface area contributed by atoms with Gasteiger partial charge in [0.15, 0.2) is 14.7 Å². The summed E-state index contributed by atoms with van der Waals surface area (Å²) in [5.41, 5.74) is 4.91. The maximum absolute atomic E-state index is 3.79. The van der Waals surface area contributed by atoms with E-state index in [-0.39, 0.29) is 10.9 Å². The van der Waals surface area contributed by atoms with Gasteiger partial charge in [0.1, 0.15) is 0 Å². The van der Waals surface area contributed by atoms with Crippen molar-refractivity contribution in [1.29, 1.82) is 0 Å². The molecule has 3 heteroatoms. The number of rotatable bonds is 7. The van der Waals surface area contributed by atoms with Crippen LogP contribution in [0.15, 0.2) is 187 Å². The SMILES string of the molecule is Brc1cc(Sc2ccc([S+](c3ccccc3)c3ccc(-c4ccccc4)cc3)cc2)ccc1-c1ccccc1. The summed E-state index contributed by atoms with van der Waals surface area (Å²) in [6.45, 7) is 0. The molecule has 0 spiro atoms. The molecular formula is C36H26BrS2+. The average Bonchev–Trinajstić information content (AvgIpc) is 3.00. The molecule has 0 saturated carbocycles. The van der Waals surface area contributed by atoms with E-state index in [4.69, 9.17) is 0 Å². The third-order valence-electron chi connectivity index (χ3n) is 6.50. The Balaban J connectivity index is 1.26. The van der Waals surface area contributed by atoms with Crippen LogP contribution in [0.3, 0.4) is 0 Å². The lowest BCUT2D eigenvalue weighted by Crippen LogP contribution is -2.04. The van der Waals surface area contributed by atoms with Crippen molar-refractivity contribution < 1.29 is 0 Å². The molecule has 188 valence electrons. The van der Waals surface area contributed by atoms with Crippen molar-refractivity contribution in [1.82, 2.24) is 0 Å². The zero-order valence-corrected chi connectivity index (χ0v) is 24.4. The highest BCUT2D eigenvalue weighted by Crippen LogP contribution is 2.37. The highest BCUT2D eigenvalue weighted by atomic mass is 79.9. The van der Waals surface area contributed by atoms with Crippen molar-refractivity contribution in [3.8, 4) is 22.3 Å². The van der Waals surface area contributed by atoms with Gasteiger partial charge in [-0.15, -0.1) is 0 Å². The predicted octanol–water partition coefficient (Wildman–Crippen LogP) is 11.0. The molecule has 6 rings (SSSR count). The van der Waals surface area contributed by atoms with Crippen LogP contribution in [0.1, 0.15) is 0 Å². The quantitative estimate of drug-likeness (QED) is 0.164. The van der Waals surface area contributed by atoms with Gasteiger partial charge in [-0.05, 0) is 95.1 Å². The van der Waals surface area contributed by atoms with E-state index in [1.807, 2.05) is 6.07 Å². The molecule has 0 aliphatic carbocycles. The van der Waals surface area contributed by atoms with Crippen LogP contribution in [0.5, 0.6) is 0 Å². The van der Waals surface area contributed by atoms with E-state index in [2.05, 4.69) is 168 Å². The summed E-state index contributed by atoms with van der Waals surface area (Å²) in [6.07, 6.45) is 0. The molecule has 0 bridgehead atoms. The molecule has 0 aromatic heterocycles. The summed E-state index contributed by atoms with van der Waals surface area (Å²) in [7, 11) is -0.179. The lowest BCUT2D eigenvalue weighted by Gasteiger charge is -2.10. The van der Waals surface area contributed by atoms with Crippen molar-refractivity contribution in [2.24, 2.45) is 0 Å². The number of benzene rings is 6. The van der Waals surface area contributed by atoms with Gasteiger partial charge >= 0.3 is 0 Å². The molecular weight excluding hydrogens is 576 g/mol. The van der Waals surface area contributed by atoms with E-state index in [0.29, 0.717) is 0 Å². The summed E-state index contributed by atoms with van der Waals surface area (Å²) in [6, 6.07) is 56.6. The lowest BCUT2D eigenvalue weighted by molar-refractivity contribution is 1.28. The van der Waals surface area contributed by atoms with Crippen molar-refractivity contribution in [3.63, 3.8) is 0 Å². The molecule has 1 unspecified atom stereocenters. The fourth-order valence-corrected chi connectivity index (χ4v) is 8.25. The maximum atomic E-state index is 3.79. The Labute approximate surface area is 246 Å². The predicted molar refractivity (Wildman–Crippen MR) is 171 cm³/mol. The molecule has 0 radical (unpaired) electrons. The first-order valence-electron chi connectivity index (χ1n) is 12.8. The second-order valence-corrected chi connectivity index (χ2v) is 13.1. The van der Waals surface area contributed by atoms with Crippen LogP contribution in [0, 0.1) is 0 Å². The van der Waals surface area contributed by atoms with Gasteiger partial charge in [0.05, 0.1) is 10.9 Å².